The second-order valence-electron chi connectivity index (χ2n) is 5.77. The fourth-order valence-corrected chi connectivity index (χ4v) is 3.44. The summed E-state index contributed by atoms with van der Waals surface area (Å²) in [7, 11) is 1.70. The van der Waals surface area contributed by atoms with Gasteiger partial charge in [0.2, 0.25) is 5.78 Å². The molecule has 0 aliphatic rings. The smallest absolute Gasteiger partial charge is 0.293 e. The van der Waals surface area contributed by atoms with Crippen LogP contribution < -0.4 is 5.32 Å². The number of benzene rings is 1. The Morgan fingerprint density at radius 3 is 2.73 bits per heavy atom. The normalized spacial score (nSPS) is 10.7. The van der Waals surface area contributed by atoms with E-state index in [0.717, 1.165) is 15.6 Å². The molecule has 134 valence electrons. The Kier molecular flexibility index (Phi) is 4.81. The second kappa shape index (κ2) is 7.04. The summed E-state index contributed by atoms with van der Waals surface area (Å²) in [6.07, 6.45) is 3.16. The van der Waals surface area contributed by atoms with E-state index in [1.54, 1.807) is 41.3 Å². The molecule has 0 fully saturated rings. The standard InChI is InChI=1S/C17H17N5O3S/c1-10-14(20-11(2)26-10)9-19-13-5-4-12(8-15(13)22(24)25)16(23)17-18-6-7-21(17)3/h4-8,19H,9H2,1-3H3. The van der Waals surface area contributed by atoms with E-state index in [0.29, 0.717) is 12.2 Å². The van der Waals surface area contributed by atoms with Crippen LogP contribution in [0.2, 0.25) is 0 Å². The van der Waals surface area contributed by atoms with Gasteiger partial charge >= 0.3 is 0 Å². The summed E-state index contributed by atoms with van der Waals surface area (Å²) in [5.74, 6) is -0.133. The van der Waals surface area contributed by atoms with Crippen LogP contribution in [0.25, 0.3) is 0 Å². The molecule has 0 saturated carbocycles. The van der Waals surface area contributed by atoms with Crippen molar-refractivity contribution in [1.82, 2.24) is 14.5 Å². The number of hydrogen-bond donors (Lipinski definition) is 1. The number of anilines is 1. The zero-order valence-corrected chi connectivity index (χ0v) is 15.3. The monoisotopic (exact) mass is 371 g/mol. The number of nitrogens with zero attached hydrogens (tertiary/aromatic N) is 4. The van der Waals surface area contributed by atoms with Crippen LogP contribution in [0.15, 0.2) is 30.6 Å². The summed E-state index contributed by atoms with van der Waals surface area (Å²) in [5, 5.41) is 15.4. The molecule has 0 atom stereocenters. The average Bonchev–Trinajstić information content (AvgIpc) is 3.16. The number of carbonyl (C=O) groups excluding carboxylic acids is 1. The van der Waals surface area contributed by atoms with Crippen LogP contribution in [0.1, 0.15) is 31.8 Å². The number of rotatable bonds is 6. The van der Waals surface area contributed by atoms with Crippen molar-refractivity contribution < 1.29 is 9.72 Å². The van der Waals surface area contributed by atoms with Crippen LogP contribution in [0.3, 0.4) is 0 Å². The van der Waals surface area contributed by atoms with Gasteiger partial charge in [-0.05, 0) is 26.0 Å². The zero-order valence-electron chi connectivity index (χ0n) is 14.5. The molecule has 2 heterocycles. The van der Waals surface area contributed by atoms with Crippen molar-refractivity contribution in [3.05, 3.63) is 67.7 Å². The van der Waals surface area contributed by atoms with Crippen molar-refractivity contribution in [1.29, 1.82) is 0 Å². The first kappa shape index (κ1) is 17.7. The number of aromatic nitrogens is 3. The molecule has 0 amide bonds. The number of nitro benzene ring substituents is 1. The quantitative estimate of drug-likeness (QED) is 0.405. The molecule has 3 rings (SSSR count). The molecule has 8 nitrogen and oxygen atoms in total. The maximum Gasteiger partial charge on any atom is 0.293 e. The molecule has 0 aliphatic carbocycles. The predicted octanol–water partition coefficient (Wildman–Crippen LogP) is 3.24. The van der Waals surface area contributed by atoms with E-state index in [-0.39, 0.29) is 22.9 Å². The first-order chi connectivity index (χ1) is 12.4. The maximum absolute atomic E-state index is 12.5. The number of nitro groups is 1. The van der Waals surface area contributed by atoms with Gasteiger partial charge in [0.05, 0.1) is 22.2 Å². The van der Waals surface area contributed by atoms with E-state index < -0.39 is 4.92 Å². The Balaban J connectivity index is 1.87. The van der Waals surface area contributed by atoms with Gasteiger partial charge in [-0.25, -0.2) is 9.97 Å². The number of thiazole rings is 1. The third-order valence-corrected chi connectivity index (χ3v) is 4.86. The van der Waals surface area contributed by atoms with Gasteiger partial charge in [-0.15, -0.1) is 11.3 Å². The lowest BCUT2D eigenvalue weighted by molar-refractivity contribution is -0.384. The molecule has 0 aliphatic heterocycles. The molecule has 0 bridgehead atoms. The van der Waals surface area contributed by atoms with Crippen LogP contribution in [-0.4, -0.2) is 25.2 Å². The lowest BCUT2D eigenvalue weighted by Gasteiger charge is -2.08. The van der Waals surface area contributed by atoms with Gasteiger partial charge < -0.3 is 9.88 Å². The Morgan fingerprint density at radius 1 is 1.38 bits per heavy atom. The summed E-state index contributed by atoms with van der Waals surface area (Å²) < 4.78 is 1.58. The highest BCUT2D eigenvalue weighted by atomic mass is 32.1. The zero-order chi connectivity index (χ0) is 18.8. The number of nitrogens with one attached hydrogen (secondary N) is 1. The lowest BCUT2D eigenvalue weighted by Crippen LogP contribution is -2.10. The fourth-order valence-electron chi connectivity index (χ4n) is 2.60. The van der Waals surface area contributed by atoms with Crippen LogP contribution in [0.5, 0.6) is 0 Å². The first-order valence-corrected chi connectivity index (χ1v) is 8.65. The average molecular weight is 371 g/mol. The molecule has 1 aromatic carbocycles. The summed E-state index contributed by atoms with van der Waals surface area (Å²) >= 11 is 1.58. The molecular weight excluding hydrogens is 354 g/mol. The summed E-state index contributed by atoms with van der Waals surface area (Å²) in [5.41, 5.74) is 1.26. The van der Waals surface area contributed by atoms with Crippen LogP contribution in [0, 0.1) is 24.0 Å². The molecule has 1 N–H and O–H groups in total. The van der Waals surface area contributed by atoms with Gasteiger partial charge in [0, 0.05) is 35.9 Å². The second-order valence-corrected chi connectivity index (χ2v) is 7.18. The van der Waals surface area contributed by atoms with Gasteiger partial charge in [0.1, 0.15) is 5.69 Å². The van der Waals surface area contributed by atoms with Crippen molar-refractivity contribution in [3.8, 4) is 0 Å². The minimum Gasteiger partial charge on any atom is -0.374 e. The largest absolute Gasteiger partial charge is 0.374 e. The van der Waals surface area contributed by atoms with Gasteiger partial charge in [-0.1, -0.05) is 0 Å². The topological polar surface area (TPSA) is 103 Å². The fraction of sp³-hybridized carbons (Fsp3) is 0.235. The molecule has 3 aromatic rings. The van der Waals surface area contributed by atoms with Crippen molar-refractivity contribution in [2.45, 2.75) is 20.4 Å². The van der Waals surface area contributed by atoms with Gasteiger partial charge in [-0.3, -0.25) is 14.9 Å². The molecule has 0 unspecified atom stereocenters. The summed E-state index contributed by atoms with van der Waals surface area (Å²) in [6, 6.07) is 4.38. The first-order valence-electron chi connectivity index (χ1n) is 7.84. The Labute approximate surface area is 153 Å². The molecule has 26 heavy (non-hydrogen) atoms. The molecule has 0 saturated heterocycles. The SMILES string of the molecule is Cc1nc(CNc2ccc(C(=O)c3nccn3C)cc2[N+](=O)[O-])c(C)s1. The minimum atomic E-state index is -0.503. The van der Waals surface area contributed by atoms with Crippen molar-refractivity contribution >= 4 is 28.5 Å². The third-order valence-electron chi connectivity index (χ3n) is 3.93. The van der Waals surface area contributed by atoms with Crippen LogP contribution >= 0.6 is 11.3 Å². The van der Waals surface area contributed by atoms with Crippen LogP contribution in [0.4, 0.5) is 11.4 Å². The van der Waals surface area contributed by atoms with E-state index in [9.17, 15) is 14.9 Å². The molecular formula is C17H17N5O3S. The highest BCUT2D eigenvalue weighted by Gasteiger charge is 2.20. The molecule has 2 aromatic heterocycles. The number of aryl methyl sites for hydroxylation is 3. The van der Waals surface area contributed by atoms with Crippen molar-refractivity contribution in [3.63, 3.8) is 0 Å². The van der Waals surface area contributed by atoms with Gasteiger partial charge in [0.25, 0.3) is 5.69 Å². The predicted molar refractivity (Wildman–Crippen MR) is 98.7 cm³/mol. The van der Waals surface area contributed by atoms with E-state index in [2.05, 4.69) is 15.3 Å². The van der Waals surface area contributed by atoms with E-state index in [1.807, 2.05) is 13.8 Å². The number of ketones is 1. The van der Waals surface area contributed by atoms with Crippen LogP contribution in [-0.2, 0) is 13.6 Å². The van der Waals surface area contributed by atoms with E-state index in [4.69, 9.17) is 0 Å². The minimum absolute atomic E-state index is 0.158. The third kappa shape index (κ3) is 3.47. The highest BCUT2D eigenvalue weighted by Crippen LogP contribution is 2.27. The molecule has 9 heteroatoms. The summed E-state index contributed by atoms with van der Waals surface area (Å²) in [4.78, 5) is 32.9. The Bertz CT molecular complexity index is 992. The number of hydrogen-bond acceptors (Lipinski definition) is 7. The van der Waals surface area contributed by atoms with E-state index in [1.165, 1.54) is 12.3 Å². The summed E-state index contributed by atoms with van der Waals surface area (Å²) in [6.45, 7) is 4.26. The highest BCUT2D eigenvalue weighted by molar-refractivity contribution is 7.11. The number of carbonyl (C=O) groups is 1. The number of imidazole rings is 1. The van der Waals surface area contributed by atoms with E-state index >= 15 is 0 Å². The maximum atomic E-state index is 12.5. The van der Waals surface area contributed by atoms with Gasteiger partial charge in [-0.2, -0.15) is 0 Å². The lowest BCUT2D eigenvalue weighted by atomic mass is 10.1. The Hall–Kier alpha value is -3.07. The molecule has 0 spiro atoms. The Morgan fingerprint density at radius 2 is 2.15 bits per heavy atom. The van der Waals surface area contributed by atoms with Crippen molar-refractivity contribution in [2.24, 2.45) is 7.05 Å². The van der Waals surface area contributed by atoms with Gasteiger partial charge in [0.15, 0.2) is 5.82 Å². The van der Waals surface area contributed by atoms with Crippen molar-refractivity contribution in [2.75, 3.05) is 5.32 Å². The molecule has 0 radical (unpaired) electrons.